The second kappa shape index (κ2) is 4.76. The average molecular weight is 276 g/mol. The average Bonchev–Trinajstić information content (AvgIpc) is 2.56. The number of aryl methyl sites for hydroxylation is 1. The van der Waals surface area contributed by atoms with Gasteiger partial charge in [0.2, 0.25) is 0 Å². The number of nitrogens with one attached hydrogen (secondary N) is 1. The van der Waals surface area contributed by atoms with Crippen molar-refractivity contribution in [2.75, 3.05) is 0 Å². The molecule has 0 aliphatic rings. The standard InChI is InChI=1S/C8H10F6N4/c1-18-3-2-4(17-18)5(16-15)6(7(9,10)11)8(12,13)14/h2-3,5-6,16H,15H2,1H3. The first-order chi connectivity index (χ1) is 8.07. The van der Waals surface area contributed by atoms with E-state index in [1.165, 1.54) is 18.7 Å². The number of nitrogens with zero attached hydrogens (tertiary/aromatic N) is 2. The lowest BCUT2D eigenvalue weighted by Gasteiger charge is -2.29. The Hall–Kier alpha value is -1.29. The van der Waals surface area contributed by atoms with Crippen molar-refractivity contribution in [3.8, 4) is 0 Å². The molecule has 1 heterocycles. The van der Waals surface area contributed by atoms with Gasteiger partial charge in [-0.1, -0.05) is 0 Å². The molecule has 0 aliphatic carbocycles. The van der Waals surface area contributed by atoms with Crippen LogP contribution in [0.1, 0.15) is 11.7 Å². The molecule has 0 saturated heterocycles. The number of nitrogens with two attached hydrogens (primary N) is 1. The molecule has 0 amide bonds. The molecular weight excluding hydrogens is 266 g/mol. The highest BCUT2D eigenvalue weighted by molar-refractivity contribution is 5.09. The van der Waals surface area contributed by atoms with E-state index in [1.54, 1.807) is 0 Å². The molecule has 3 N–H and O–H groups in total. The molecule has 0 spiro atoms. The first-order valence-corrected chi connectivity index (χ1v) is 4.66. The summed E-state index contributed by atoms with van der Waals surface area (Å²) in [6.07, 6.45) is -9.73. The Labute approximate surface area is 97.7 Å². The largest absolute Gasteiger partial charge is 0.402 e. The van der Waals surface area contributed by atoms with E-state index in [4.69, 9.17) is 5.84 Å². The molecule has 10 heteroatoms. The van der Waals surface area contributed by atoms with Crippen molar-refractivity contribution in [1.29, 1.82) is 0 Å². The number of hydrazine groups is 1. The molecule has 1 rings (SSSR count). The van der Waals surface area contributed by atoms with Crippen LogP contribution in [0.25, 0.3) is 0 Å². The van der Waals surface area contributed by atoms with E-state index >= 15 is 0 Å². The summed E-state index contributed by atoms with van der Waals surface area (Å²) < 4.78 is 76.1. The van der Waals surface area contributed by atoms with Crippen LogP contribution < -0.4 is 11.3 Å². The Balaban J connectivity index is 3.18. The molecular formula is C8H10F6N4. The Morgan fingerprint density at radius 2 is 1.72 bits per heavy atom. The summed E-state index contributed by atoms with van der Waals surface area (Å²) in [5.41, 5.74) is 1.10. The van der Waals surface area contributed by atoms with Crippen molar-refractivity contribution >= 4 is 0 Å². The lowest BCUT2D eigenvalue weighted by atomic mass is 9.96. The van der Waals surface area contributed by atoms with Crippen LogP contribution in [0.3, 0.4) is 0 Å². The maximum Gasteiger partial charge on any atom is 0.402 e. The van der Waals surface area contributed by atoms with Crippen LogP contribution in [-0.4, -0.2) is 22.1 Å². The van der Waals surface area contributed by atoms with E-state index in [9.17, 15) is 26.3 Å². The fourth-order valence-electron chi connectivity index (χ4n) is 1.51. The number of hydrogen-bond donors (Lipinski definition) is 2. The first-order valence-electron chi connectivity index (χ1n) is 4.66. The minimum absolute atomic E-state index is 0.431. The van der Waals surface area contributed by atoms with Crippen LogP contribution in [0.15, 0.2) is 12.3 Å². The molecule has 1 aromatic rings. The summed E-state index contributed by atoms with van der Waals surface area (Å²) in [5, 5.41) is 3.50. The van der Waals surface area contributed by atoms with E-state index in [1.807, 2.05) is 0 Å². The highest BCUT2D eigenvalue weighted by Crippen LogP contribution is 2.45. The molecule has 18 heavy (non-hydrogen) atoms. The summed E-state index contributed by atoms with van der Waals surface area (Å²) in [4.78, 5) is 0. The topological polar surface area (TPSA) is 55.9 Å². The van der Waals surface area contributed by atoms with Crippen molar-refractivity contribution < 1.29 is 26.3 Å². The van der Waals surface area contributed by atoms with Gasteiger partial charge in [0.1, 0.15) is 0 Å². The van der Waals surface area contributed by atoms with Crippen LogP contribution in [0.2, 0.25) is 0 Å². The van der Waals surface area contributed by atoms with Gasteiger partial charge in [-0.25, -0.2) is 0 Å². The molecule has 0 saturated carbocycles. The summed E-state index contributed by atoms with van der Waals surface area (Å²) in [7, 11) is 1.37. The van der Waals surface area contributed by atoms with Gasteiger partial charge < -0.3 is 0 Å². The number of hydrogen-bond acceptors (Lipinski definition) is 3. The third-order valence-electron chi connectivity index (χ3n) is 2.27. The van der Waals surface area contributed by atoms with Gasteiger partial charge in [0.05, 0.1) is 11.7 Å². The lowest BCUT2D eigenvalue weighted by molar-refractivity contribution is -0.293. The number of aromatic nitrogens is 2. The molecule has 1 unspecified atom stereocenters. The number of halogens is 6. The molecule has 1 atom stereocenters. The first kappa shape index (κ1) is 14.8. The van der Waals surface area contributed by atoms with E-state index in [-0.39, 0.29) is 0 Å². The van der Waals surface area contributed by atoms with E-state index in [0.717, 1.165) is 10.7 Å². The molecule has 0 aliphatic heterocycles. The third kappa shape index (κ3) is 3.13. The predicted octanol–water partition coefficient (Wildman–Crippen LogP) is 1.67. The minimum atomic E-state index is -5.48. The number of alkyl halides is 6. The smallest absolute Gasteiger partial charge is 0.275 e. The Morgan fingerprint density at radius 1 is 1.22 bits per heavy atom. The summed E-state index contributed by atoms with van der Waals surface area (Å²) in [6.45, 7) is 0. The Morgan fingerprint density at radius 3 is 2.00 bits per heavy atom. The van der Waals surface area contributed by atoms with Crippen LogP contribution in [0.5, 0.6) is 0 Å². The van der Waals surface area contributed by atoms with Crippen molar-refractivity contribution in [2.45, 2.75) is 18.4 Å². The van der Waals surface area contributed by atoms with Gasteiger partial charge in [-0.2, -0.15) is 31.4 Å². The second-order valence-corrected chi connectivity index (χ2v) is 3.62. The quantitative estimate of drug-likeness (QED) is 0.501. The Kier molecular flexibility index (Phi) is 3.91. The van der Waals surface area contributed by atoms with Crippen molar-refractivity contribution in [3.05, 3.63) is 18.0 Å². The van der Waals surface area contributed by atoms with E-state index < -0.39 is 30.0 Å². The highest BCUT2D eigenvalue weighted by Gasteiger charge is 2.60. The molecule has 0 bridgehead atoms. The van der Waals surface area contributed by atoms with Gasteiger partial charge >= 0.3 is 12.4 Å². The van der Waals surface area contributed by atoms with Crippen LogP contribution >= 0.6 is 0 Å². The SMILES string of the molecule is Cn1ccc(C(NN)C(C(F)(F)F)C(F)(F)F)n1. The van der Waals surface area contributed by atoms with E-state index in [0.29, 0.717) is 0 Å². The van der Waals surface area contributed by atoms with Crippen molar-refractivity contribution in [3.63, 3.8) is 0 Å². The second-order valence-electron chi connectivity index (χ2n) is 3.62. The zero-order valence-corrected chi connectivity index (χ0v) is 9.05. The van der Waals surface area contributed by atoms with Gasteiger partial charge in [-0.3, -0.25) is 16.0 Å². The summed E-state index contributed by atoms with van der Waals surface area (Å²) >= 11 is 0. The maximum atomic E-state index is 12.5. The molecule has 4 nitrogen and oxygen atoms in total. The zero-order chi connectivity index (χ0) is 14.1. The lowest BCUT2D eigenvalue weighted by Crippen LogP contribution is -2.48. The molecule has 0 radical (unpaired) electrons. The molecule has 0 aromatic carbocycles. The van der Waals surface area contributed by atoms with Gasteiger partial charge in [-0.05, 0) is 6.07 Å². The van der Waals surface area contributed by atoms with Crippen LogP contribution in [0.4, 0.5) is 26.3 Å². The van der Waals surface area contributed by atoms with Gasteiger partial charge in [0.15, 0.2) is 5.92 Å². The van der Waals surface area contributed by atoms with Crippen LogP contribution in [0, 0.1) is 5.92 Å². The number of rotatable bonds is 3. The summed E-state index contributed by atoms with van der Waals surface area (Å²) in [6, 6.07) is -1.15. The van der Waals surface area contributed by atoms with Crippen LogP contribution in [-0.2, 0) is 7.05 Å². The monoisotopic (exact) mass is 276 g/mol. The van der Waals surface area contributed by atoms with Gasteiger partial charge in [0.25, 0.3) is 0 Å². The molecule has 0 fully saturated rings. The van der Waals surface area contributed by atoms with Gasteiger partial charge in [0, 0.05) is 13.2 Å². The normalized spacial score (nSPS) is 15.2. The Bertz CT molecular complexity index is 381. The fourth-order valence-corrected chi connectivity index (χ4v) is 1.51. The third-order valence-corrected chi connectivity index (χ3v) is 2.27. The minimum Gasteiger partial charge on any atom is -0.275 e. The molecule has 104 valence electrons. The van der Waals surface area contributed by atoms with Crippen molar-refractivity contribution in [2.24, 2.45) is 18.8 Å². The predicted molar refractivity (Wildman–Crippen MR) is 48.9 cm³/mol. The zero-order valence-electron chi connectivity index (χ0n) is 9.05. The van der Waals surface area contributed by atoms with Crippen molar-refractivity contribution in [1.82, 2.24) is 15.2 Å². The van der Waals surface area contributed by atoms with Gasteiger partial charge in [-0.15, -0.1) is 0 Å². The highest BCUT2D eigenvalue weighted by atomic mass is 19.4. The van der Waals surface area contributed by atoms with E-state index in [2.05, 4.69) is 5.10 Å². The summed E-state index contributed by atoms with van der Waals surface area (Å²) in [5.74, 6) is 1.19. The fraction of sp³-hybridized carbons (Fsp3) is 0.625. The molecule has 1 aromatic heterocycles. The maximum absolute atomic E-state index is 12.5.